The number of amides is 1. The fourth-order valence-electron chi connectivity index (χ4n) is 3.74. The normalized spacial score (nSPS) is 21.2. The maximum absolute atomic E-state index is 12.7. The molecule has 1 saturated heterocycles. The van der Waals surface area contributed by atoms with Crippen LogP contribution in [0, 0.1) is 5.41 Å². The highest BCUT2D eigenvalue weighted by atomic mass is 16.2. The van der Waals surface area contributed by atoms with E-state index in [1.807, 2.05) is 35.2 Å². The number of β-lactam (4-membered cyclic amide) rings is 1. The van der Waals surface area contributed by atoms with Gasteiger partial charge in [-0.15, -0.1) is 0 Å². The van der Waals surface area contributed by atoms with Gasteiger partial charge < -0.3 is 4.90 Å². The van der Waals surface area contributed by atoms with Gasteiger partial charge in [0, 0.05) is 18.1 Å². The van der Waals surface area contributed by atoms with Gasteiger partial charge in [0.15, 0.2) is 0 Å². The third kappa shape index (κ3) is 1.59. The number of fused-ring (bicyclic) bond motifs is 1. The Bertz CT molecular complexity index is 668. The number of aromatic nitrogens is 1. The summed E-state index contributed by atoms with van der Waals surface area (Å²) in [7, 11) is 0. The largest absolute Gasteiger partial charge is 0.309 e. The van der Waals surface area contributed by atoms with Gasteiger partial charge in [-0.25, -0.2) is 0 Å². The molecule has 1 saturated carbocycles. The van der Waals surface area contributed by atoms with Crippen LogP contribution in [0.4, 0.5) is 5.69 Å². The van der Waals surface area contributed by atoms with Gasteiger partial charge in [-0.2, -0.15) is 0 Å². The highest BCUT2D eigenvalue weighted by Gasteiger charge is 2.52. The molecule has 20 heavy (non-hydrogen) atoms. The minimum atomic E-state index is -0.0464. The first-order chi connectivity index (χ1) is 9.80. The van der Waals surface area contributed by atoms with E-state index in [4.69, 9.17) is 0 Å². The summed E-state index contributed by atoms with van der Waals surface area (Å²) < 4.78 is 0. The first-order valence-electron chi connectivity index (χ1n) is 7.46. The molecule has 102 valence electrons. The van der Waals surface area contributed by atoms with E-state index in [2.05, 4.69) is 4.98 Å². The van der Waals surface area contributed by atoms with Crippen molar-refractivity contribution in [2.45, 2.75) is 32.1 Å². The van der Waals surface area contributed by atoms with Gasteiger partial charge in [0.25, 0.3) is 0 Å². The quantitative estimate of drug-likeness (QED) is 0.740. The molecule has 1 aromatic carbocycles. The number of hydrogen-bond donors (Lipinski definition) is 0. The van der Waals surface area contributed by atoms with Crippen molar-refractivity contribution in [1.29, 1.82) is 0 Å². The summed E-state index contributed by atoms with van der Waals surface area (Å²) in [4.78, 5) is 19.1. The second-order valence-electron chi connectivity index (χ2n) is 6.08. The predicted octanol–water partition coefficient (Wildman–Crippen LogP) is 3.53. The molecule has 1 aromatic heterocycles. The fourth-order valence-corrected chi connectivity index (χ4v) is 3.74. The zero-order valence-corrected chi connectivity index (χ0v) is 11.5. The highest BCUT2D eigenvalue weighted by molar-refractivity contribution is 6.09. The Labute approximate surface area is 118 Å². The number of pyridine rings is 1. The molecule has 0 atom stereocenters. The Morgan fingerprint density at radius 3 is 2.65 bits per heavy atom. The van der Waals surface area contributed by atoms with E-state index in [0.29, 0.717) is 5.91 Å². The number of hydrogen-bond acceptors (Lipinski definition) is 2. The highest BCUT2D eigenvalue weighted by Crippen LogP contribution is 2.47. The molecule has 3 nitrogen and oxygen atoms in total. The Hall–Kier alpha value is -1.90. The average Bonchev–Trinajstić information content (AvgIpc) is 2.53. The maximum Gasteiger partial charge on any atom is 0.235 e. The Balaban J connectivity index is 1.70. The van der Waals surface area contributed by atoms with Crippen molar-refractivity contribution in [1.82, 2.24) is 4.98 Å². The summed E-state index contributed by atoms with van der Waals surface area (Å²) in [6.45, 7) is 0.877. The lowest BCUT2D eigenvalue weighted by Gasteiger charge is -2.50. The van der Waals surface area contributed by atoms with Crippen molar-refractivity contribution < 1.29 is 4.79 Å². The number of nitrogens with zero attached hydrogens (tertiary/aromatic N) is 2. The number of benzene rings is 1. The van der Waals surface area contributed by atoms with Crippen LogP contribution in [0.1, 0.15) is 32.1 Å². The zero-order chi connectivity index (χ0) is 13.6. The summed E-state index contributed by atoms with van der Waals surface area (Å²) in [5.41, 5.74) is 1.87. The third-order valence-corrected chi connectivity index (χ3v) is 4.87. The monoisotopic (exact) mass is 266 g/mol. The van der Waals surface area contributed by atoms with Crippen LogP contribution in [-0.2, 0) is 4.79 Å². The molecule has 1 amide bonds. The van der Waals surface area contributed by atoms with Gasteiger partial charge in [0.1, 0.15) is 0 Å². The van der Waals surface area contributed by atoms with Gasteiger partial charge in [-0.3, -0.25) is 9.78 Å². The van der Waals surface area contributed by atoms with Gasteiger partial charge in [0.05, 0.1) is 16.6 Å². The lowest BCUT2D eigenvalue weighted by Crippen LogP contribution is -2.62. The van der Waals surface area contributed by atoms with Crippen LogP contribution in [0.25, 0.3) is 10.9 Å². The fraction of sp³-hybridized carbons (Fsp3) is 0.412. The van der Waals surface area contributed by atoms with E-state index in [0.717, 1.165) is 36.0 Å². The molecular weight excluding hydrogens is 248 g/mol. The van der Waals surface area contributed by atoms with Crippen molar-refractivity contribution >= 4 is 22.5 Å². The van der Waals surface area contributed by atoms with Crippen LogP contribution < -0.4 is 4.90 Å². The number of anilines is 1. The third-order valence-electron chi connectivity index (χ3n) is 4.87. The molecule has 1 aliphatic heterocycles. The molecule has 4 rings (SSSR count). The second-order valence-corrected chi connectivity index (χ2v) is 6.08. The van der Waals surface area contributed by atoms with Crippen molar-refractivity contribution in [3.63, 3.8) is 0 Å². The minimum absolute atomic E-state index is 0.0464. The lowest BCUT2D eigenvalue weighted by atomic mass is 9.67. The number of carbonyl (C=O) groups excluding carboxylic acids is 1. The smallest absolute Gasteiger partial charge is 0.235 e. The van der Waals surface area contributed by atoms with E-state index in [1.165, 1.54) is 19.3 Å². The molecule has 1 spiro atoms. The number of rotatable bonds is 1. The molecule has 2 aromatic rings. The van der Waals surface area contributed by atoms with E-state index < -0.39 is 0 Å². The molecule has 0 bridgehead atoms. The van der Waals surface area contributed by atoms with E-state index in [-0.39, 0.29) is 5.41 Å². The summed E-state index contributed by atoms with van der Waals surface area (Å²) in [5.74, 6) is 0.315. The van der Waals surface area contributed by atoms with Crippen molar-refractivity contribution in [2.24, 2.45) is 5.41 Å². The summed E-state index contributed by atoms with van der Waals surface area (Å²) in [6, 6.07) is 10.1. The van der Waals surface area contributed by atoms with Gasteiger partial charge in [-0.1, -0.05) is 37.5 Å². The predicted molar refractivity (Wildman–Crippen MR) is 79.6 cm³/mol. The van der Waals surface area contributed by atoms with Gasteiger partial charge >= 0.3 is 0 Å². The van der Waals surface area contributed by atoms with E-state index >= 15 is 0 Å². The van der Waals surface area contributed by atoms with Crippen molar-refractivity contribution in [3.8, 4) is 0 Å². The number of carbonyl (C=O) groups is 1. The van der Waals surface area contributed by atoms with Crippen LogP contribution in [-0.4, -0.2) is 17.4 Å². The van der Waals surface area contributed by atoms with Crippen LogP contribution in [0.2, 0.25) is 0 Å². The number of para-hydroxylation sites is 1. The second kappa shape index (κ2) is 4.30. The molecule has 2 aliphatic rings. The molecule has 3 heteroatoms. The summed E-state index contributed by atoms with van der Waals surface area (Å²) in [6.07, 6.45) is 7.62. The molecule has 2 heterocycles. The summed E-state index contributed by atoms with van der Waals surface area (Å²) >= 11 is 0. The molecule has 0 radical (unpaired) electrons. The molecule has 1 aliphatic carbocycles. The first-order valence-corrected chi connectivity index (χ1v) is 7.46. The molecule has 2 fully saturated rings. The zero-order valence-electron chi connectivity index (χ0n) is 11.5. The van der Waals surface area contributed by atoms with E-state index in [1.54, 1.807) is 6.20 Å². The van der Waals surface area contributed by atoms with Crippen LogP contribution >= 0.6 is 0 Å². The van der Waals surface area contributed by atoms with Crippen molar-refractivity contribution in [3.05, 3.63) is 36.5 Å². The molecule has 0 unspecified atom stereocenters. The van der Waals surface area contributed by atoms with Gasteiger partial charge in [-0.05, 0) is 25.0 Å². The van der Waals surface area contributed by atoms with Crippen LogP contribution in [0.15, 0.2) is 36.5 Å². The summed E-state index contributed by atoms with van der Waals surface area (Å²) in [5, 5.41) is 1.10. The lowest BCUT2D eigenvalue weighted by molar-refractivity contribution is -0.137. The van der Waals surface area contributed by atoms with Crippen LogP contribution in [0.3, 0.4) is 0 Å². The maximum atomic E-state index is 12.7. The average molecular weight is 266 g/mol. The minimum Gasteiger partial charge on any atom is -0.309 e. The molecule has 0 N–H and O–H groups in total. The van der Waals surface area contributed by atoms with Gasteiger partial charge in [0.2, 0.25) is 5.91 Å². The van der Waals surface area contributed by atoms with Crippen molar-refractivity contribution in [2.75, 3.05) is 11.4 Å². The van der Waals surface area contributed by atoms with E-state index in [9.17, 15) is 4.79 Å². The Morgan fingerprint density at radius 1 is 1.05 bits per heavy atom. The Morgan fingerprint density at radius 2 is 1.85 bits per heavy atom. The van der Waals surface area contributed by atoms with Crippen LogP contribution in [0.5, 0.6) is 0 Å². The first kappa shape index (κ1) is 11.9. The Kier molecular flexibility index (Phi) is 2.56. The SMILES string of the molecule is O=C1N(c2cccc3cccnc23)CC12CCCCC2. The standard InChI is InChI=1S/C17H18N2O/c20-16-17(9-2-1-3-10-17)12-19(16)14-8-4-6-13-7-5-11-18-15(13)14/h4-8,11H,1-3,9-10,12H2. The molecular formula is C17H18N2O. The topological polar surface area (TPSA) is 33.2 Å².